The van der Waals surface area contributed by atoms with Crippen molar-refractivity contribution in [2.75, 3.05) is 0 Å². The Morgan fingerprint density at radius 2 is 1.81 bits per heavy atom. The van der Waals surface area contributed by atoms with E-state index in [1.807, 2.05) is 30.3 Å². The Balaban J connectivity index is 1.66. The zero-order valence-corrected chi connectivity index (χ0v) is 18.0. The lowest BCUT2D eigenvalue weighted by Crippen LogP contribution is -2.56. The van der Waals surface area contributed by atoms with Gasteiger partial charge in [-0.15, -0.1) is 0 Å². The number of nitrogens with one attached hydrogen (secondary N) is 3. The molecule has 2 heterocycles. The summed E-state index contributed by atoms with van der Waals surface area (Å²) in [4.78, 5) is 54.4. The van der Waals surface area contributed by atoms with E-state index in [1.54, 1.807) is 32.0 Å². The average molecular weight is 438 g/mol. The minimum absolute atomic E-state index is 0.0579. The summed E-state index contributed by atoms with van der Waals surface area (Å²) in [5, 5.41) is 7.66. The third-order valence-electron chi connectivity index (χ3n) is 5.00. The van der Waals surface area contributed by atoms with Crippen LogP contribution in [-0.4, -0.2) is 40.8 Å². The molecule has 3 amide bonds. The minimum Gasteiger partial charge on any atom is -0.445 e. The van der Waals surface area contributed by atoms with Gasteiger partial charge >= 0.3 is 6.09 Å². The molecule has 0 radical (unpaired) electrons. The average Bonchev–Trinajstić information content (AvgIpc) is 2.82. The molecule has 2 bridgehead atoms. The Bertz CT molecular complexity index is 993. The molecular weight excluding hydrogens is 412 g/mol. The fourth-order valence-electron chi connectivity index (χ4n) is 3.26. The Hall–Kier alpha value is -3.75. The van der Waals surface area contributed by atoms with E-state index in [0.29, 0.717) is 11.4 Å². The molecule has 3 rings (SSSR count). The maximum absolute atomic E-state index is 12.9. The molecule has 0 spiro atoms. The molecule has 9 nitrogen and oxygen atoms in total. The predicted molar refractivity (Wildman–Crippen MR) is 115 cm³/mol. The van der Waals surface area contributed by atoms with Gasteiger partial charge in [0, 0.05) is 12.1 Å². The van der Waals surface area contributed by atoms with Crippen LogP contribution in [0.3, 0.4) is 0 Å². The molecule has 1 aromatic heterocycles. The lowest BCUT2D eigenvalue weighted by molar-refractivity contribution is -0.140. The van der Waals surface area contributed by atoms with E-state index in [9.17, 15) is 19.2 Å². The number of benzene rings is 1. The summed E-state index contributed by atoms with van der Waals surface area (Å²) in [5.74, 6) is -2.44. The van der Waals surface area contributed by atoms with E-state index >= 15 is 0 Å². The van der Waals surface area contributed by atoms with E-state index in [2.05, 4.69) is 20.9 Å². The molecule has 3 N–H and O–H groups in total. The number of fused-ring (bicyclic) bond motifs is 2. The first-order valence-electron chi connectivity index (χ1n) is 10.4. The third kappa shape index (κ3) is 6.13. The summed E-state index contributed by atoms with van der Waals surface area (Å²) < 4.78 is 5.20. The standard InChI is InChI=1S/C23H26N4O5/c1-14(2)19(27-23(31)32-13-15-7-4-3-5-8-15)21(29)26-18-11-16-9-6-10-17(25-16)12-24-22(30)20(18)28/h3-10,14,18-19H,11-13H2,1-2H3,(H,24,30)(H,26,29)(H,27,31). The summed E-state index contributed by atoms with van der Waals surface area (Å²) in [7, 11) is 0. The molecule has 0 fully saturated rings. The molecule has 168 valence electrons. The first-order chi connectivity index (χ1) is 15.3. The summed E-state index contributed by atoms with van der Waals surface area (Å²) in [6, 6.07) is 12.3. The summed E-state index contributed by atoms with van der Waals surface area (Å²) >= 11 is 0. The van der Waals surface area contributed by atoms with Gasteiger partial charge in [-0.2, -0.15) is 0 Å². The van der Waals surface area contributed by atoms with Crippen LogP contribution in [0.4, 0.5) is 4.79 Å². The van der Waals surface area contributed by atoms with E-state index in [4.69, 9.17) is 4.74 Å². The Kier molecular flexibility index (Phi) is 7.54. The summed E-state index contributed by atoms with van der Waals surface area (Å²) in [6.07, 6.45) is -0.689. The van der Waals surface area contributed by atoms with Crippen molar-refractivity contribution < 1.29 is 23.9 Å². The van der Waals surface area contributed by atoms with Gasteiger partial charge in [-0.25, -0.2) is 4.79 Å². The van der Waals surface area contributed by atoms with Crippen LogP contribution in [0.25, 0.3) is 0 Å². The second-order valence-electron chi connectivity index (χ2n) is 7.86. The molecule has 2 unspecified atom stereocenters. The first-order valence-corrected chi connectivity index (χ1v) is 10.4. The molecule has 0 aliphatic carbocycles. The molecule has 32 heavy (non-hydrogen) atoms. The van der Waals surface area contributed by atoms with Crippen LogP contribution in [0.1, 0.15) is 30.8 Å². The molecule has 1 aliphatic rings. The zero-order chi connectivity index (χ0) is 23.1. The van der Waals surface area contributed by atoms with Gasteiger partial charge in [-0.05, 0) is 23.6 Å². The number of Topliss-reactive ketones (excluding diaryl/α,β-unsaturated/α-hetero) is 1. The largest absolute Gasteiger partial charge is 0.445 e. The highest BCUT2D eigenvalue weighted by atomic mass is 16.5. The number of hydrogen-bond donors (Lipinski definition) is 3. The summed E-state index contributed by atoms with van der Waals surface area (Å²) in [6.45, 7) is 3.69. The Morgan fingerprint density at radius 1 is 1.09 bits per heavy atom. The first kappa shape index (κ1) is 22.9. The highest BCUT2D eigenvalue weighted by molar-refractivity contribution is 6.38. The number of rotatable bonds is 6. The van der Waals surface area contributed by atoms with Gasteiger partial charge in [0.25, 0.3) is 5.91 Å². The fraction of sp³-hybridized carbons (Fsp3) is 0.348. The third-order valence-corrected chi connectivity index (χ3v) is 5.00. The highest BCUT2D eigenvalue weighted by Crippen LogP contribution is 2.09. The number of aromatic nitrogens is 1. The topological polar surface area (TPSA) is 126 Å². The number of ketones is 1. The van der Waals surface area contributed by atoms with Gasteiger partial charge in [0.1, 0.15) is 18.7 Å². The molecular formula is C23H26N4O5. The number of pyridine rings is 1. The van der Waals surface area contributed by atoms with Gasteiger partial charge in [0.05, 0.1) is 12.2 Å². The number of nitrogens with zero attached hydrogens (tertiary/aromatic N) is 1. The molecule has 0 saturated heterocycles. The normalized spacial score (nSPS) is 16.8. The monoisotopic (exact) mass is 438 g/mol. The van der Waals surface area contributed by atoms with E-state index < -0.39 is 35.8 Å². The lowest BCUT2D eigenvalue weighted by Gasteiger charge is -2.24. The number of carbonyl (C=O) groups is 4. The van der Waals surface area contributed by atoms with Crippen molar-refractivity contribution in [1.29, 1.82) is 0 Å². The van der Waals surface area contributed by atoms with Gasteiger partial charge in [0.2, 0.25) is 11.7 Å². The van der Waals surface area contributed by atoms with Crippen LogP contribution < -0.4 is 16.0 Å². The van der Waals surface area contributed by atoms with Gasteiger partial charge in [-0.3, -0.25) is 19.4 Å². The van der Waals surface area contributed by atoms with Gasteiger partial charge in [0.15, 0.2) is 0 Å². The van der Waals surface area contributed by atoms with Crippen molar-refractivity contribution in [3.8, 4) is 0 Å². The SMILES string of the molecule is CC(C)C(NC(=O)OCc1ccccc1)C(=O)NC1Cc2cccc(n2)CNC(=O)C1=O. The van der Waals surface area contributed by atoms with Crippen molar-refractivity contribution in [2.45, 2.75) is 45.5 Å². The van der Waals surface area contributed by atoms with Crippen molar-refractivity contribution in [3.05, 3.63) is 65.5 Å². The second kappa shape index (κ2) is 10.5. The van der Waals surface area contributed by atoms with Crippen LogP contribution in [0, 0.1) is 5.92 Å². The molecule has 1 aliphatic heterocycles. The van der Waals surface area contributed by atoms with E-state index in [1.165, 1.54) is 0 Å². The summed E-state index contributed by atoms with van der Waals surface area (Å²) in [5.41, 5.74) is 2.01. The van der Waals surface area contributed by atoms with Crippen molar-refractivity contribution in [1.82, 2.24) is 20.9 Å². The highest BCUT2D eigenvalue weighted by Gasteiger charge is 2.32. The number of ether oxygens (including phenoxy) is 1. The van der Waals surface area contributed by atoms with Crippen molar-refractivity contribution >= 4 is 23.7 Å². The Labute approximate surface area is 185 Å². The molecule has 2 aromatic rings. The maximum atomic E-state index is 12.9. The quantitative estimate of drug-likeness (QED) is 0.583. The van der Waals surface area contributed by atoms with Crippen LogP contribution in [0.2, 0.25) is 0 Å². The van der Waals surface area contributed by atoms with E-state index in [0.717, 1.165) is 5.56 Å². The van der Waals surface area contributed by atoms with Gasteiger partial charge < -0.3 is 20.7 Å². The van der Waals surface area contributed by atoms with Gasteiger partial charge in [-0.1, -0.05) is 50.2 Å². The number of hydrogen-bond acceptors (Lipinski definition) is 6. The Morgan fingerprint density at radius 3 is 2.53 bits per heavy atom. The molecule has 1 aromatic carbocycles. The zero-order valence-electron chi connectivity index (χ0n) is 18.0. The molecule has 9 heteroatoms. The van der Waals surface area contributed by atoms with Crippen molar-refractivity contribution in [3.63, 3.8) is 0 Å². The van der Waals surface area contributed by atoms with Crippen molar-refractivity contribution in [2.24, 2.45) is 5.92 Å². The van der Waals surface area contributed by atoms with Crippen LogP contribution in [-0.2, 0) is 38.7 Å². The van der Waals surface area contributed by atoms with E-state index in [-0.39, 0.29) is 25.5 Å². The minimum atomic E-state index is -1.10. The predicted octanol–water partition coefficient (Wildman–Crippen LogP) is 1.26. The number of carbonyl (C=O) groups excluding carboxylic acids is 4. The lowest BCUT2D eigenvalue weighted by atomic mass is 10.0. The number of alkyl carbamates (subject to hydrolysis) is 1. The smallest absolute Gasteiger partial charge is 0.408 e. The van der Waals surface area contributed by atoms with Crippen LogP contribution in [0.15, 0.2) is 48.5 Å². The number of amides is 3. The van der Waals surface area contributed by atoms with Crippen LogP contribution >= 0.6 is 0 Å². The molecule has 0 saturated carbocycles. The molecule has 2 atom stereocenters. The maximum Gasteiger partial charge on any atom is 0.408 e. The fourth-order valence-corrected chi connectivity index (χ4v) is 3.26. The second-order valence-corrected chi connectivity index (χ2v) is 7.86. The van der Waals surface area contributed by atoms with Crippen LogP contribution in [0.5, 0.6) is 0 Å².